The highest BCUT2D eigenvalue weighted by Crippen LogP contribution is 2.14. The fraction of sp³-hybridized carbons (Fsp3) is 0.250. The molecule has 0 saturated heterocycles. The van der Waals surface area contributed by atoms with Crippen molar-refractivity contribution in [3.63, 3.8) is 0 Å². The lowest BCUT2D eigenvalue weighted by atomic mass is 10.5. The zero-order valence-electron chi connectivity index (χ0n) is 4.11. The first-order chi connectivity index (χ1) is 3.55. The molecule has 0 aliphatic heterocycles. The summed E-state index contributed by atoms with van der Waals surface area (Å²) in [6.07, 6.45) is 0. The van der Waals surface area contributed by atoms with Crippen molar-refractivity contribution in [3.05, 3.63) is 8.61 Å². The monoisotopic (exact) mass is 246 g/mol. The Balaban J connectivity index is 4.23. The fourth-order valence-corrected chi connectivity index (χ4v) is 0.228. The maximum Gasteiger partial charge on any atom is 0.343 e. The molecular formula is C4H4ClIO2. The van der Waals surface area contributed by atoms with Crippen LogP contribution in [0.5, 0.6) is 0 Å². The molecule has 0 fully saturated rings. The third kappa shape index (κ3) is 2.52. The van der Waals surface area contributed by atoms with Gasteiger partial charge in [-0.3, -0.25) is 0 Å². The van der Waals surface area contributed by atoms with E-state index in [-0.39, 0.29) is 3.58 Å². The van der Waals surface area contributed by atoms with Gasteiger partial charge in [-0.1, -0.05) is 11.6 Å². The summed E-state index contributed by atoms with van der Waals surface area (Å²) in [5, 5.41) is 8.52. The molecule has 0 atom stereocenters. The molecule has 8 heavy (non-hydrogen) atoms. The Kier molecular flexibility index (Phi) is 3.39. The smallest absolute Gasteiger partial charge is 0.343 e. The van der Waals surface area contributed by atoms with Crippen molar-refractivity contribution in [2.24, 2.45) is 0 Å². The van der Waals surface area contributed by atoms with Crippen LogP contribution in [0.25, 0.3) is 0 Å². The Morgan fingerprint density at radius 2 is 2.12 bits per heavy atom. The molecule has 0 amide bonds. The van der Waals surface area contributed by atoms with E-state index in [9.17, 15) is 4.79 Å². The number of hydrogen-bond acceptors (Lipinski definition) is 1. The largest absolute Gasteiger partial charge is 0.477 e. The summed E-state index contributed by atoms with van der Waals surface area (Å²) >= 11 is 6.98. The quantitative estimate of drug-likeness (QED) is 0.567. The molecule has 0 unspecified atom stereocenters. The number of rotatable bonds is 1. The van der Waals surface area contributed by atoms with E-state index in [0.717, 1.165) is 0 Å². The van der Waals surface area contributed by atoms with E-state index < -0.39 is 5.97 Å². The van der Waals surface area contributed by atoms with E-state index in [1.54, 1.807) is 22.6 Å². The lowest BCUT2D eigenvalue weighted by molar-refractivity contribution is -0.131. The van der Waals surface area contributed by atoms with E-state index in [0.29, 0.717) is 5.03 Å². The summed E-state index contributed by atoms with van der Waals surface area (Å²) in [5.41, 5.74) is 0. The van der Waals surface area contributed by atoms with Crippen molar-refractivity contribution in [3.8, 4) is 0 Å². The summed E-state index contributed by atoms with van der Waals surface area (Å²) in [4.78, 5) is 9.99. The minimum Gasteiger partial charge on any atom is -0.477 e. The van der Waals surface area contributed by atoms with Crippen LogP contribution in [0.2, 0.25) is 0 Å². The van der Waals surface area contributed by atoms with Crippen LogP contribution in [-0.4, -0.2) is 11.1 Å². The molecule has 0 aromatic carbocycles. The highest BCUT2D eigenvalue weighted by molar-refractivity contribution is 14.1. The Morgan fingerprint density at radius 1 is 1.75 bits per heavy atom. The summed E-state index contributed by atoms with van der Waals surface area (Å²) in [7, 11) is 0. The number of hydrogen-bond donors (Lipinski definition) is 1. The van der Waals surface area contributed by atoms with E-state index in [4.69, 9.17) is 16.7 Å². The van der Waals surface area contributed by atoms with Gasteiger partial charge in [0, 0.05) is 5.03 Å². The zero-order chi connectivity index (χ0) is 6.73. The van der Waals surface area contributed by atoms with Crippen LogP contribution in [0, 0.1) is 0 Å². The van der Waals surface area contributed by atoms with E-state index in [1.165, 1.54) is 6.92 Å². The molecule has 0 aromatic rings. The second-order valence-corrected chi connectivity index (χ2v) is 2.80. The van der Waals surface area contributed by atoms with Gasteiger partial charge in [0.1, 0.15) is 3.58 Å². The van der Waals surface area contributed by atoms with Crippen LogP contribution in [0.1, 0.15) is 6.92 Å². The van der Waals surface area contributed by atoms with Gasteiger partial charge in [-0.25, -0.2) is 4.79 Å². The van der Waals surface area contributed by atoms with Crippen LogP contribution in [0.4, 0.5) is 0 Å². The van der Waals surface area contributed by atoms with Gasteiger partial charge >= 0.3 is 5.97 Å². The van der Waals surface area contributed by atoms with Crippen LogP contribution < -0.4 is 0 Å². The normalized spacial score (nSPS) is 12.9. The van der Waals surface area contributed by atoms with Crippen molar-refractivity contribution in [1.82, 2.24) is 0 Å². The van der Waals surface area contributed by atoms with Crippen LogP contribution in [0.3, 0.4) is 0 Å². The van der Waals surface area contributed by atoms with Gasteiger partial charge in [-0.15, -0.1) is 0 Å². The number of carboxylic acids is 1. The molecule has 0 radical (unpaired) electrons. The zero-order valence-corrected chi connectivity index (χ0v) is 7.02. The topological polar surface area (TPSA) is 37.3 Å². The molecule has 46 valence electrons. The highest BCUT2D eigenvalue weighted by Gasteiger charge is 2.03. The number of carbonyl (C=O) groups is 1. The molecule has 4 heteroatoms. The molecule has 0 spiro atoms. The van der Waals surface area contributed by atoms with Gasteiger partial charge in [0.15, 0.2) is 0 Å². The molecule has 2 nitrogen and oxygen atoms in total. The van der Waals surface area contributed by atoms with Crippen molar-refractivity contribution in [2.45, 2.75) is 6.92 Å². The van der Waals surface area contributed by atoms with E-state index in [2.05, 4.69) is 0 Å². The molecule has 0 aliphatic rings. The van der Waals surface area contributed by atoms with E-state index in [1.807, 2.05) is 0 Å². The molecule has 0 saturated carbocycles. The molecule has 1 N–H and O–H groups in total. The lowest BCUT2D eigenvalue weighted by Gasteiger charge is -1.88. The summed E-state index contributed by atoms with van der Waals surface area (Å²) < 4.78 is 0.171. The average molecular weight is 246 g/mol. The van der Waals surface area contributed by atoms with Gasteiger partial charge < -0.3 is 5.11 Å². The first-order valence-corrected chi connectivity index (χ1v) is 3.26. The van der Waals surface area contributed by atoms with Crippen molar-refractivity contribution in [2.75, 3.05) is 0 Å². The minimum atomic E-state index is -0.974. The Morgan fingerprint density at radius 3 is 2.12 bits per heavy atom. The van der Waals surface area contributed by atoms with Gasteiger partial charge in [0.2, 0.25) is 0 Å². The summed E-state index contributed by atoms with van der Waals surface area (Å²) in [5.74, 6) is -0.974. The number of carboxylic acid groups (broad SMARTS) is 1. The first-order valence-electron chi connectivity index (χ1n) is 1.81. The molecule has 0 aromatic heterocycles. The molecular weight excluding hydrogens is 242 g/mol. The highest BCUT2D eigenvalue weighted by atomic mass is 127. The van der Waals surface area contributed by atoms with Gasteiger partial charge in [0.05, 0.1) is 0 Å². The van der Waals surface area contributed by atoms with Crippen LogP contribution in [0.15, 0.2) is 8.61 Å². The Bertz CT molecular complexity index is 137. The minimum absolute atomic E-state index is 0.171. The summed E-state index contributed by atoms with van der Waals surface area (Å²) in [6.45, 7) is 1.54. The SMILES string of the molecule is C/C(Cl)=C(\I)C(=O)O. The summed E-state index contributed by atoms with van der Waals surface area (Å²) in [6, 6.07) is 0. The first kappa shape index (κ1) is 8.23. The third-order valence-corrected chi connectivity index (χ3v) is 2.27. The molecule has 0 heterocycles. The van der Waals surface area contributed by atoms with Crippen molar-refractivity contribution in [1.29, 1.82) is 0 Å². The van der Waals surface area contributed by atoms with E-state index >= 15 is 0 Å². The van der Waals surface area contributed by atoms with Gasteiger partial charge in [-0.2, -0.15) is 0 Å². The second-order valence-electron chi connectivity index (χ2n) is 1.15. The fourth-order valence-electron chi connectivity index (χ4n) is 0.147. The maximum absolute atomic E-state index is 9.99. The number of halogens is 2. The van der Waals surface area contributed by atoms with Crippen LogP contribution >= 0.6 is 34.2 Å². The second kappa shape index (κ2) is 3.29. The predicted octanol–water partition coefficient (Wildman–Crippen LogP) is 1.98. The molecule has 0 bridgehead atoms. The molecule has 0 aliphatic carbocycles. The van der Waals surface area contributed by atoms with Crippen molar-refractivity contribution < 1.29 is 9.90 Å². The van der Waals surface area contributed by atoms with Gasteiger partial charge in [0.25, 0.3) is 0 Å². The standard InChI is InChI=1S/C4H4ClIO2/c1-2(5)3(6)4(7)8/h1H3,(H,7,8)/b3-2+. The maximum atomic E-state index is 9.99. The Labute approximate surface area is 65.7 Å². The number of aliphatic carboxylic acids is 1. The number of allylic oxidation sites excluding steroid dienone is 1. The van der Waals surface area contributed by atoms with Crippen molar-refractivity contribution >= 4 is 40.2 Å². The third-order valence-electron chi connectivity index (χ3n) is 0.490. The predicted molar refractivity (Wildman–Crippen MR) is 40.2 cm³/mol. The molecule has 0 rings (SSSR count). The lowest BCUT2D eigenvalue weighted by Crippen LogP contribution is -1.93. The average Bonchev–Trinajstić information content (AvgIpc) is 1.64. The van der Waals surface area contributed by atoms with Crippen LogP contribution in [-0.2, 0) is 4.79 Å². The Hall–Kier alpha value is 0.230. The van der Waals surface area contributed by atoms with Gasteiger partial charge in [-0.05, 0) is 29.5 Å².